The molecule has 1 saturated heterocycles. The Hall–Kier alpha value is -2.05. The van der Waals surface area contributed by atoms with E-state index in [0.717, 1.165) is 45.8 Å². The minimum absolute atomic E-state index is 0.661. The second kappa shape index (κ2) is 7.23. The quantitative estimate of drug-likeness (QED) is 0.905. The van der Waals surface area contributed by atoms with Crippen LogP contribution in [0.4, 0.5) is 5.95 Å². The molecule has 0 amide bonds. The zero-order valence-electron chi connectivity index (χ0n) is 13.8. The van der Waals surface area contributed by atoms with Crippen LogP contribution in [0, 0.1) is 5.92 Å². The lowest BCUT2D eigenvalue weighted by Crippen LogP contribution is -2.35. The molecule has 2 aliphatic rings. The fraction of sp³-hybridized carbons (Fsp3) is 0.500. The normalized spacial score (nSPS) is 20.8. The molecule has 0 radical (unpaired) electrons. The van der Waals surface area contributed by atoms with Crippen LogP contribution in [0.5, 0.6) is 0 Å². The standard InChI is InChI=1S/C18H23N5O/c1-4-20-18(21-5-1)22-10-15-8-19-9-16-12-23(6-2-17(15)16)11-14-3-7-24-13-14/h1,4-5,8-9,14H,2-3,6-7,10-13H2,(H,20,21,22)/t14-/m1/s1. The Labute approximate surface area is 142 Å². The molecule has 0 bridgehead atoms. The first-order chi connectivity index (χ1) is 11.9. The second-order valence-electron chi connectivity index (χ2n) is 6.58. The lowest BCUT2D eigenvalue weighted by atomic mass is 9.96. The van der Waals surface area contributed by atoms with E-state index < -0.39 is 0 Å². The molecule has 4 rings (SSSR count). The first kappa shape index (κ1) is 15.5. The number of pyridine rings is 1. The molecule has 0 aliphatic carbocycles. The summed E-state index contributed by atoms with van der Waals surface area (Å²) in [6.07, 6.45) is 9.77. The van der Waals surface area contributed by atoms with Crippen molar-refractivity contribution in [3.8, 4) is 0 Å². The predicted molar refractivity (Wildman–Crippen MR) is 91.5 cm³/mol. The monoisotopic (exact) mass is 325 g/mol. The van der Waals surface area contributed by atoms with Crippen molar-refractivity contribution in [2.45, 2.75) is 25.9 Å². The van der Waals surface area contributed by atoms with E-state index in [2.05, 4.69) is 25.2 Å². The summed E-state index contributed by atoms with van der Waals surface area (Å²) in [7, 11) is 0. The van der Waals surface area contributed by atoms with Gasteiger partial charge in [0.05, 0.1) is 6.61 Å². The largest absolute Gasteiger partial charge is 0.381 e. The van der Waals surface area contributed by atoms with Crippen LogP contribution in [0.2, 0.25) is 0 Å². The van der Waals surface area contributed by atoms with Crippen molar-refractivity contribution in [3.05, 3.63) is 47.5 Å². The molecule has 6 nitrogen and oxygen atoms in total. The van der Waals surface area contributed by atoms with Gasteiger partial charge < -0.3 is 10.1 Å². The minimum atomic E-state index is 0.661. The smallest absolute Gasteiger partial charge is 0.222 e. The van der Waals surface area contributed by atoms with Gasteiger partial charge >= 0.3 is 0 Å². The predicted octanol–water partition coefficient (Wildman–Crippen LogP) is 1.88. The zero-order valence-corrected chi connectivity index (χ0v) is 13.8. The van der Waals surface area contributed by atoms with E-state index in [9.17, 15) is 0 Å². The highest BCUT2D eigenvalue weighted by atomic mass is 16.5. The highest BCUT2D eigenvalue weighted by Gasteiger charge is 2.23. The molecule has 1 fully saturated rings. The molecule has 1 atom stereocenters. The van der Waals surface area contributed by atoms with Crippen molar-refractivity contribution in [1.29, 1.82) is 0 Å². The molecular weight excluding hydrogens is 302 g/mol. The fourth-order valence-electron chi connectivity index (χ4n) is 3.59. The van der Waals surface area contributed by atoms with Crippen LogP contribution >= 0.6 is 0 Å². The molecule has 0 spiro atoms. The summed E-state index contributed by atoms with van der Waals surface area (Å²) in [6, 6.07) is 1.82. The first-order valence-corrected chi connectivity index (χ1v) is 8.64. The average molecular weight is 325 g/mol. The number of ether oxygens (including phenoxy) is 1. The van der Waals surface area contributed by atoms with E-state index in [1.54, 1.807) is 12.4 Å². The molecule has 6 heteroatoms. The number of anilines is 1. The van der Waals surface area contributed by atoms with Gasteiger partial charge in [-0.15, -0.1) is 0 Å². The van der Waals surface area contributed by atoms with E-state index in [0.29, 0.717) is 11.9 Å². The van der Waals surface area contributed by atoms with Crippen LogP contribution in [0.15, 0.2) is 30.9 Å². The van der Waals surface area contributed by atoms with Gasteiger partial charge in [0.1, 0.15) is 0 Å². The number of hydrogen-bond acceptors (Lipinski definition) is 6. The molecule has 0 aromatic carbocycles. The zero-order chi connectivity index (χ0) is 16.2. The Balaban J connectivity index is 1.41. The van der Waals surface area contributed by atoms with Gasteiger partial charge in [0, 0.05) is 57.6 Å². The van der Waals surface area contributed by atoms with Gasteiger partial charge in [-0.05, 0) is 41.5 Å². The van der Waals surface area contributed by atoms with Gasteiger partial charge in [-0.25, -0.2) is 9.97 Å². The van der Waals surface area contributed by atoms with E-state index in [-0.39, 0.29) is 0 Å². The van der Waals surface area contributed by atoms with Gasteiger partial charge in [0.25, 0.3) is 0 Å². The van der Waals surface area contributed by atoms with Gasteiger partial charge in [-0.1, -0.05) is 0 Å². The van der Waals surface area contributed by atoms with E-state index in [4.69, 9.17) is 4.74 Å². The third-order valence-corrected chi connectivity index (χ3v) is 4.85. The summed E-state index contributed by atoms with van der Waals surface area (Å²) in [4.78, 5) is 15.4. The molecule has 126 valence electrons. The van der Waals surface area contributed by atoms with Crippen molar-refractivity contribution in [3.63, 3.8) is 0 Å². The SMILES string of the molecule is c1cnc(NCc2cncc3c2CCN(C[C@H]2CCOC2)C3)nc1. The molecule has 2 aliphatic heterocycles. The Kier molecular flexibility index (Phi) is 4.66. The van der Waals surface area contributed by atoms with Crippen LogP contribution in [0.25, 0.3) is 0 Å². The summed E-state index contributed by atoms with van der Waals surface area (Å²) in [6.45, 7) is 5.81. The topological polar surface area (TPSA) is 63.2 Å². The van der Waals surface area contributed by atoms with Crippen molar-refractivity contribution in [1.82, 2.24) is 19.9 Å². The number of nitrogens with zero attached hydrogens (tertiary/aromatic N) is 4. The summed E-state index contributed by atoms with van der Waals surface area (Å²) < 4.78 is 5.50. The maximum absolute atomic E-state index is 5.50. The minimum Gasteiger partial charge on any atom is -0.381 e. The van der Waals surface area contributed by atoms with Gasteiger partial charge in [0.2, 0.25) is 5.95 Å². The Morgan fingerprint density at radius 1 is 1.25 bits per heavy atom. The van der Waals surface area contributed by atoms with E-state index >= 15 is 0 Å². The number of hydrogen-bond donors (Lipinski definition) is 1. The van der Waals surface area contributed by atoms with Crippen molar-refractivity contribution < 1.29 is 4.74 Å². The number of fused-ring (bicyclic) bond motifs is 1. The molecule has 2 aromatic rings. The van der Waals surface area contributed by atoms with Crippen LogP contribution < -0.4 is 5.32 Å². The van der Waals surface area contributed by atoms with Crippen LogP contribution in [-0.2, 0) is 24.2 Å². The fourth-order valence-corrected chi connectivity index (χ4v) is 3.59. The highest BCUT2D eigenvalue weighted by molar-refractivity contribution is 5.36. The summed E-state index contributed by atoms with van der Waals surface area (Å²) in [5.41, 5.74) is 4.05. The van der Waals surface area contributed by atoms with E-state index in [1.165, 1.54) is 23.1 Å². The Morgan fingerprint density at radius 2 is 2.17 bits per heavy atom. The van der Waals surface area contributed by atoms with E-state index in [1.807, 2.05) is 18.5 Å². The highest BCUT2D eigenvalue weighted by Crippen LogP contribution is 2.24. The van der Waals surface area contributed by atoms with Gasteiger partial charge in [0.15, 0.2) is 0 Å². The van der Waals surface area contributed by atoms with Crippen molar-refractivity contribution in [2.24, 2.45) is 5.92 Å². The Morgan fingerprint density at radius 3 is 3.00 bits per heavy atom. The molecule has 0 unspecified atom stereocenters. The molecule has 0 saturated carbocycles. The second-order valence-corrected chi connectivity index (χ2v) is 6.58. The molecule has 4 heterocycles. The van der Waals surface area contributed by atoms with Crippen LogP contribution in [0.3, 0.4) is 0 Å². The number of nitrogens with one attached hydrogen (secondary N) is 1. The van der Waals surface area contributed by atoms with Gasteiger partial charge in [-0.3, -0.25) is 9.88 Å². The molecule has 1 N–H and O–H groups in total. The Bertz CT molecular complexity index is 672. The molecule has 24 heavy (non-hydrogen) atoms. The van der Waals surface area contributed by atoms with Crippen LogP contribution in [0.1, 0.15) is 23.1 Å². The average Bonchev–Trinajstić information content (AvgIpc) is 3.13. The molecular formula is C18H23N5O. The maximum Gasteiger partial charge on any atom is 0.222 e. The lowest BCUT2D eigenvalue weighted by Gasteiger charge is -2.31. The lowest BCUT2D eigenvalue weighted by molar-refractivity contribution is 0.162. The third kappa shape index (κ3) is 3.55. The van der Waals surface area contributed by atoms with Crippen LogP contribution in [-0.4, -0.2) is 46.2 Å². The summed E-state index contributed by atoms with van der Waals surface area (Å²) in [5.74, 6) is 1.35. The third-order valence-electron chi connectivity index (χ3n) is 4.85. The number of rotatable bonds is 5. The van der Waals surface area contributed by atoms with Crippen molar-refractivity contribution >= 4 is 5.95 Å². The first-order valence-electron chi connectivity index (χ1n) is 8.64. The maximum atomic E-state index is 5.50. The van der Waals surface area contributed by atoms with Crippen molar-refractivity contribution in [2.75, 3.05) is 31.6 Å². The summed E-state index contributed by atoms with van der Waals surface area (Å²) >= 11 is 0. The summed E-state index contributed by atoms with van der Waals surface area (Å²) in [5, 5.41) is 3.29. The van der Waals surface area contributed by atoms with Gasteiger partial charge in [-0.2, -0.15) is 0 Å². The number of aromatic nitrogens is 3. The molecule has 2 aromatic heterocycles.